The smallest absolute Gasteiger partial charge is 0.336 e. The fraction of sp³-hybridized carbons (Fsp3) is 0.278. The summed E-state index contributed by atoms with van der Waals surface area (Å²) in [5.74, 6) is 0. The van der Waals surface area contributed by atoms with E-state index in [4.69, 9.17) is 16.0 Å². The molecule has 0 bridgehead atoms. The molecule has 3 rings (SSSR count). The molecule has 3 aromatic rings. The Kier molecular flexibility index (Phi) is 4.85. The van der Waals surface area contributed by atoms with Crippen molar-refractivity contribution in [2.75, 3.05) is 7.05 Å². The fourth-order valence-corrected chi connectivity index (χ4v) is 3.84. The first-order valence-electron chi connectivity index (χ1n) is 7.53. The van der Waals surface area contributed by atoms with Crippen LogP contribution in [0.1, 0.15) is 22.9 Å². The molecule has 0 N–H and O–H groups in total. The maximum absolute atomic E-state index is 11.8. The maximum Gasteiger partial charge on any atom is 0.336 e. The molecule has 0 fully saturated rings. The van der Waals surface area contributed by atoms with E-state index in [1.807, 2.05) is 31.3 Å². The van der Waals surface area contributed by atoms with Gasteiger partial charge >= 0.3 is 5.63 Å². The van der Waals surface area contributed by atoms with Gasteiger partial charge in [-0.3, -0.25) is 4.90 Å². The third kappa shape index (κ3) is 3.83. The van der Waals surface area contributed by atoms with E-state index in [0.717, 1.165) is 28.3 Å². The number of rotatable bonds is 5. The Morgan fingerprint density at radius 3 is 2.70 bits per heavy atom. The van der Waals surface area contributed by atoms with Crippen LogP contribution in [0.4, 0.5) is 0 Å². The van der Waals surface area contributed by atoms with Gasteiger partial charge in [0, 0.05) is 29.4 Å². The number of thiophene rings is 1. The van der Waals surface area contributed by atoms with Gasteiger partial charge in [0.05, 0.1) is 4.34 Å². The van der Waals surface area contributed by atoms with Crippen molar-refractivity contribution in [2.45, 2.75) is 26.4 Å². The highest BCUT2D eigenvalue weighted by molar-refractivity contribution is 7.16. The molecule has 2 aromatic heterocycles. The number of nitrogens with zero attached hydrogens (tertiary/aromatic N) is 1. The predicted molar refractivity (Wildman–Crippen MR) is 96.4 cm³/mol. The second kappa shape index (κ2) is 6.87. The van der Waals surface area contributed by atoms with Crippen LogP contribution in [-0.2, 0) is 19.5 Å². The van der Waals surface area contributed by atoms with Crippen LogP contribution in [0.5, 0.6) is 0 Å². The summed E-state index contributed by atoms with van der Waals surface area (Å²) in [7, 11) is 2.04. The van der Waals surface area contributed by atoms with E-state index in [1.54, 1.807) is 17.4 Å². The molecule has 0 saturated carbocycles. The molecular weight excluding hydrogens is 330 g/mol. The average Bonchev–Trinajstić information content (AvgIpc) is 2.91. The summed E-state index contributed by atoms with van der Waals surface area (Å²) in [5.41, 5.74) is 2.52. The number of fused-ring (bicyclic) bond motifs is 1. The van der Waals surface area contributed by atoms with E-state index in [-0.39, 0.29) is 5.63 Å². The van der Waals surface area contributed by atoms with Crippen LogP contribution < -0.4 is 5.63 Å². The van der Waals surface area contributed by atoms with Crippen LogP contribution in [0.15, 0.2) is 45.6 Å². The number of hydrogen-bond acceptors (Lipinski definition) is 4. The molecule has 0 unspecified atom stereocenters. The molecule has 120 valence electrons. The molecule has 0 aliphatic heterocycles. The topological polar surface area (TPSA) is 33.5 Å². The van der Waals surface area contributed by atoms with Gasteiger partial charge < -0.3 is 4.42 Å². The first-order chi connectivity index (χ1) is 11.0. The van der Waals surface area contributed by atoms with Gasteiger partial charge in [0.2, 0.25) is 0 Å². The van der Waals surface area contributed by atoms with Gasteiger partial charge in [0.1, 0.15) is 5.58 Å². The lowest BCUT2D eigenvalue weighted by atomic mass is 10.1. The molecular formula is C18H18ClNO2S. The zero-order chi connectivity index (χ0) is 16.4. The van der Waals surface area contributed by atoms with E-state index in [9.17, 15) is 4.79 Å². The molecule has 0 aliphatic carbocycles. The molecule has 2 heterocycles. The fourth-order valence-electron chi connectivity index (χ4n) is 2.67. The summed E-state index contributed by atoms with van der Waals surface area (Å²) >= 11 is 7.56. The lowest BCUT2D eigenvalue weighted by molar-refractivity contribution is 0.322. The van der Waals surface area contributed by atoms with E-state index in [1.165, 1.54) is 10.4 Å². The second-order valence-electron chi connectivity index (χ2n) is 5.65. The Labute approximate surface area is 144 Å². The SMILES string of the molecule is CCc1ccc2c(CN(C)Cc3ccc(Cl)s3)cc(=O)oc2c1. The molecule has 0 aliphatic rings. The monoisotopic (exact) mass is 347 g/mol. The van der Waals surface area contributed by atoms with Gasteiger partial charge in [0.25, 0.3) is 0 Å². The Balaban J connectivity index is 1.88. The molecule has 3 nitrogen and oxygen atoms in total. The number of hydrogen-bond donors (Lipinski definition) is 0. The van der Waals surface area contributed by atoms with Crippen LogP contribution in [0.3, 0.4) is 0 Å². The van der Waals surface area contributed by atoms with Crippen molar-refractivity contribution in [2.24, 2.45) is 0 Å². The number of benzene rings is 1. The zero-order valence-corrected chi connectivity index (χ0v) is 14.7. The van der Waals surface area contributed by atoms with Gasteiger partial charge in [-0.15, -0.1) is 11.3 Å². The van der Waals surface area contributed by atoms with Crippen molar-refractivity contribution in [3.05, 3.63) is 67.2 Å². The minimum atomic E-state index is -0.298. The van der Waals surface area contributed by atoms with Gasteiger partial charge in [0.15, 0.2) is 0 Å². The minimum absolute atomic E-state index is 0.298. The Morgan fingerprint density at radius 1 is 1.17 bits per heavy atom. The van der Waals surface area contributed by atoms with Crippen molar-refractivity contribution < 1.29 is 4.42 Å². The Morgan fingerprint density at radius 2 is 2.00 bits per heavy atom. The highest BCUT2D eigenvalue weighted by Crippen LogP contribution is 2.24. The first kappa shape index (κ1) is 16.2. The highest BCUT2D eigenvalue weighted by atomic mass is 35.5. The standard InChI is InChI=1S/C18H18ClNO2S/c1-3-12-4-6-15-13(9-18(21)22-16(15)8-12)10-20(2)11-14-5-7-17(19)23-14/h4-9H,3,10-11H2,1-2H3. The van der Waals surface area contributed by atoms with Crippen molar-refractivity contribution >= 4 is 33.9 Å². The average molecular weight is 348 g/mol. The summed E-state index contributed by atoms with van der Waals surface area (Å²) in [6, 6.07) is 11.6. The summed E-state index contributed by atoms with van der Waals surface area (Å²) in [6.45, 7) is 3.57. The third-order valence-electron chi connectivity index (χ3n) is 3.80. The summed E-state index contributed by atoms with van der Waals surface area (Å²) in [4.78, 5) is 15.2. The molecule has 0 saturated heterocycles. The third-order valence-corrected chi connectivity index (χ3v) is 5.01. The highest BCUT2D eigenvalue weighted by Gasteiger charge is 2.10. The predicted octanol–water partition coefficient (Wildman–Crippen LogP) is 4.70. The summed E-state index contributed by atoms with van der Waals surface area (Å²) in [6.07, 6.45) is 0.920. The quantitative estimate of drug-likeness (QED) is 0.627. The maximum atomic E-state index is 11.8. The van der Waals surface area contributed by atoms with Crippen molar-refractivity contribution in [1.82, 2.24) is 4.90 Å². The van der Waals surface area contributed by atoms with Crippen molar-refractivity contribution in [3.8, 4) is 0 Å². The lowest BCUT2D eigenvalue weighted by Crippen LogP contribution is -2.18. The molecule has 5 heteroatoms. The molecule has 1 aromatic carbocycles. The molecule has 0 amide bonds. The molecule has 23 heavy (non-hydrogen) atoms. The number of halogens is 1. The van der Waals surface area contributed by atoms with E-state index in [0.29, 0.717) is 12.1 Å². The summed E-state index contributed by atoms with van der Waals surface area (Å²) < 4.78 is 6.16. The van der Waals surface area contributed by atoms with Gasteiger partial charge in [-0.2, -0.15) is 0 Å². The van der Waals surface area contributed by atoms with Crippen LogP contribution in [0.25, 0.3) is 11.0 Å². The minimum Gasteiger partial charge on any atom is -0.423 e. The van der Waals surface area contributed by atoms with Crippen LogP contribution in [-0.4, -0.2) is 11.9 Å². The first-order valence-corrected chi connectivity index (χ1v) is 8.73. The zero-order valence-electron chi connectivity index (χ0n) is 13.1. The molecule has 0 spiro atoms. The van der Waals surface area contributed by atoms with Crippen LogP contribution >= 0.6 is 22.9 Å². The Hall–Kier alpha value is -1.62. The lowest BCUT2D eigenvalue weighted by Gasteiger charge is -2.16. The Bertz CT molecular complexity index is 884. The molecule has 0 radical (unpaired) electrons. The number of aryl methyl sites for hydroxylation is 1. The van der Waals surface area contributed by atoms with Gasteiger partial charge in [-0.05, 0) is 42.8 Å². The summed E-state index contributed by atoms with van der Waals surface area (Å²) in [5, 5.41) is 0.998. The van der Waals surface area contributed by atoms with Gasteiger partial charge in [-0.25, -0.2) is 4.79 Å². The second-order valence-corrected chi connectivity index (χ2v) is 7.45. The van der Waals surface area contributed by atoms with Gasteiger partial charge in [-0.1, -0.05) is 30.7 Å². The van der Waals surface area contributed by atoms with E-state index in [2.05, 4.69) is 17.9 Å². The van der Waals surface area contributed by atoms with Crippen LogP contribution in [0.2, 0.25) is 4.34 Å². The normalized spacial score (nSPS) is 11.5. The van der Waals surface area contributed by atoms with Crippen molar-refractivity contribution in [3.63, 3.8) is 0 Å². The molecule has 0 atom stereocenters. The van der Waals surface area contributed by atoms with Crippen molar-refractivity contribution in [1.29, 1.82) is 0 Å². The van der Waals surface area contributed by atoms with Crippen LogP contribution in [0, 0.1) is 0 Å². The van der Waals surface area contributed by atoms with E-state index >= 15 is 0 Å². The largest absolute Gasteiger partial charge is 0.423 e. The van der Waals surface area contributed by atoms with E-state index < -0.39 is 0 Å².